The van der Waals surface area contributed by atoms with E-state index in [9.17, 15) is 4.79 Å². The molecule has 3 nitrogen and oxygen atoms in total. The van der Waals surface area contributed by atoms with Crippen LogP contribution in [0.5, 0.6) is 0 Å². The number of carbonyl (C=O) groups is 1. The quantitative estimate of drug-likeness (QED) is 0.278. The first kappa shape index (κ1) is 27.2. The van der Waals surface area contributed by atoms with Crippen LogP contribution in [-0.4, -0.2) is 19.0 Å². The first-order valence-electron chi connectivity index (χ1n) is 11.5. The molecule has 0 saturated heterocycles. The van der Waals surface area contributed by atoms with Crippen LogP contribution in [0.4, 0.5) is 0 Å². The van der Waals surface area contributed by atoms with Gasteiger partial charge in [-0.3, -0.25) is 4.79 Å². The molecule has 2 N–H and O–H groups in total. The Bertz CT molecular complexity index is 543. The molecule has 0 aromatic heterocycles. The molecule has 166 valence electrons. The topological polar surface area (TPSA) is 41.1 Å². The van der Waals surface area contributed by atoms with Gasteiger partial charge in [-0.2, -0.15) is 0 Å². The number of unbranched alkanes of at least 4 members (excludes halogenated alkanes) is 1. The standard InChI is InChI=1S/C24H40N2O.C2H6/c1-6-21-12-14-22(15-13-21)18-23(11-7-8-17-25-19-27)26-20(2)10-9-16-24(3,4)5;1-2/h12-15,19,23,26H,2,6-11,16-18H2,1,3-5H3,(H,25,27);1-2H3. The van der Waals surface area contributed by atoms with E-state index in [0.717, 1.165) is 57.2 Å². The average Bonchev–Trinajstić information content (AvgIpc) is 2.69. The summed E-state index contributed by atoms with van der Waals surface area (Å²) in [5.41, 5.74) is 4.29. The fourth-order valence-electron chi connectivity index (χ4n) is 3.29. The molecule has 0 aliphatic rings. The van der Waals surface area contributed by atoms with Gasteiger partial charge in [0.15, 0.2) is 0 Å². The van der Waals surface area contributed by atoms with Crippen LogP contribution in [0.25, 0.3) is 0 Å². The van der Waals surface area contributed by atoms with Crippen LogP contribution in [0, 0.1) is 5.41 Å². The Kier molecular flexibility index (Phi) is 15.1. The molecule has 0 bridgehead atoms. The monoisotopic (exact) mass is 402 g/mol. The van der Waals surface area contributed by atoms with Crippen molar-refractivity contribution in [3.05, 3.63) is 47.7 Å². The van der Waals surface area contributed by atoms with Crippen molar-refractivity contribution in [3.8, 4) is 0 Å². The fraction of sp³-hybridized carbons (Fsp3) is 0.654. The van der Waals surface area contributed by atoms with Crippen molar-refractivity contribution in [1.29, 1.82) is 0 Å². The van der Waals surface area contributed by atoms with Crippen molar-refractivity contribution in [2.24, 2.45) is 5.41 Å². The van der Waals surface area contributed by atoms with Crippen LogP contribution in [0.2, 0.25) is 0 Å². The second-order valence-corrected chi connectivity index (χ2v) is 8.80. The lowest BCUT2D eigenvalue weighted by Gasteiger charge is -2.23. The summed E-state index contributed by atoms with van der Waals surface area (Å²) in [4.78, 5) is 10.4. The van der Waals surface area contributed by atoms with Gasteiger partial charge in [-0.15, -0.1) is 0 Å². The molecule has 0 aliphatic carbocycles. The van der Waals surface area contributed by atoms with E-state index >= 15 is 0 Å². The average molecular weight is 403 g/mol. The van der Waals surface area contributed by atoms with Gasteiger partial charge in [0.05, 0.1) is 0 Å². The molecular formula is C26H46N2O. The minimum Gasteiger partial charge on any atom is -0.386 e. The van der Waals surface area contributed by atoms with E-state index in [1.165, 1.54) is 24.0 Å². The van der Waals surface area contributed by atoms with Crippen molar-refractivity contribution in [3.63, 3.8) is 0 Å². The van der Waals surface area contributed by atoms with Gasteiger partial charge < -0.3 is 10.6 Å². The Labute approximate surface area is 180 Å². The van der Waals surface area contributed by atoms with Crippen LogP contribution in [0.3, 0.4) is 0 Å². The van der Waals surface area contributed by atoms with Gasteiger partial charge >= 0.3 is 0 Å². The highest BCUT2D eigenvalue weighted by atomic mass is 16.1. The maximum absolute atomic E-state index is 10.4. The molecule has 0 saturated carbocycles. The SMILES string of the molecule is C=C(CCCC(C)(C)C)NC(CCCCNC=O)Cc1ccc(CC)cc1.CC. The fourth-order valence-corrected chi connectivity index (χ4v) is 3.29. The zero-order valence-corrected chi connectivity index (χ0v) is 19.9. The molecule has 1 aromatic rings. The Morgan fingerprint density at radius 1 is 1.07 bits per heavy atom. The molecule has 1 rings (SSSR count). The summed E-state index contributed by atoms with van der Waals surface area (Å²) in [5, 5.41) is 6.44. The van der Waals surface area contributed by atoms with E-state index in [0.29, 0.717) is 11.5 Å². The number of amides is 1. The van der Waals surface area contributed by atoms with Gasteiger partial charge in [-0.05, 0) is 67.9 Å². The third-order valence-corrected chi connectivity index (χ3v) is 4.93. The summed E-state index contributed by atoms with van der Waals surface area (Å²) in [7, 11) is 0. The van der Waals surface area contributed by atoms with E-state index in [2.05, 4.69) is 69.2 Å². The van der Waals surface area contributed by atoms with Crippen molar-refractivity contribution < 1.29 is 4.79 Å². The normalized spacial score (nSPS) is 11.8. The molecule has 0 heterocycles. The minimum atomic E-state index is 0.381. The van der Waals surface area contributed by atoms with Gasteiger partial charge in [0.2, 0.25) is 6.41 Å². The summed E-state index contributed by atoms with van der Waals surface area (Å²) in [6.07, 6.45) is 9.51. The maximum Gasteiger partial charge on any atom is 0.207 e. The minimum absolute atomic E-state index is 0.381. The highest BCUT2D eigenvalue weighted by Crippen LogP contribution is 2.22. The first-order valence-corrected chi connectivity index (χ1v) is 11.5. The molecule has 1 atom stereocenters. The Hall–Kier alpha value is -1.77. The van der Waals surface area contributed by atoms with E-state index < -0.39 is 0 Å². The molecule has 3 heteroatoms. The van der Waals surface area contributed by atoms with Crippen molar-refractivity contribution in [1.82, 2.24) is 10.6 Å². The highest BCUT2D eigenvalue weighted by molar-refractivity contribution is 5.45. The van der Waals surface area contributed by atoms with Crippen molar-refractivity contribution in [2.75, 3.05) is 6.54 Å². The summed E-state index contributed by atoms with van der Waals surface area (Å²) in [6.45, 7) is 18.1. The largest absolute Gasteiger partial charge is 0.386 e. The van der Waals surface area contributed by atoms with E-state index in [1.54, 1.807) is 0 Å². The first-order chi connectivity index (χ1) is 13.8. The number of hydrogen-bond acceptors (Lipinski definition) is 2. The number of hydrogen-bond donors (Lipinski definition) is 2. The lowest BCUT2D eigenvalue weighted by molar-refractivity contribution is -0.109. The van der Waals surface area contributed by atoms with Gasteiger partial charge in [0.25, 0.3) is 0 Å². The molecular weight excluding hydrogens is 356 g/mol. The number of carbonyl (C=O) groups excluding carboxylic acids is 1. The lowest BCUT2D eigenvalue weighted by Crippen LogP contribution is -2.30. The zero-order valence-electron chi connectivity index (χ0n) is 19.9. The molecule has 29 heavy (non-hydrogen) atoms. The Morgan fingerprint density at radius 2 is 1.69 bits per heavy atom. The predicted octanol–water partition coefficient (Wildman–Crippen LogP) is 6.42. The maximum atomic E-state index is 10.4. The summed E-state index contributed by atoms with van der Waals surface area (Å²) >= 11 is 0. The predicted molar refractivity (Wildman–Crippen MR) is 128 cm³/mol. The number of nitrogens with one attached hydrogen (secondary N) is 2. The van der Waals surface area contributed by atoms with Crippen molar-refractivity contribution in [2.45, 2.75) is 99.0 Å². The van der Waals surface area contributed by atoms with Crippen molar-refractivity contribution >= 4 is 6.41 Å². The van der Waals surface area contributed by atoms with Gasteiger partial charge in [-0.25, -0.2) is 0 Å². The van der Waals surface area contributed by atoms with Gasteiger partial charge in [0, 0.05) is 18.3 Å². The Morgan fingerprint density at radius 3 is 2.24 bits per heavy atom. The van der Waals surface area contributed by atoms with Gasteiger partial charge in [-0.1, -0.05) is 72.4 Å². The molecule has 1 amide bonds. The highest BCUT2D eigenvalue weighted by Gasteiger charge is 2.13. The van der Waals surface area contributed by atoms with E-state index in [-0.39, 0.29) is 0 Å². The third kappa shape index (κ3) is 14.8. The molecule has 1 aromatic carbocycles. The zero-order chi connectivity index (χ0) is 22.1. The molecule has 0 fully saturated rings. The van der Waals surface area contributed by atoms with Crippen LogP contribution in [-0.2, 0) is 17.6 Å². The number of benzene rings is 1. The number of allylic oxidation sites excluding steroid dienone is 1. The molecule has 0 radical (unpaired) electrons. The lowest BCUT2D eigenvalue weighted by atomic mass is 9.89. The smallest absolute Gasteiger partial charge is 0.207 e. The number of aryl methyl sites for hydroxylation is 1. The number of rotatable bonds is 14. The molecule has 1 unspecified atom stereocenters. The van der Waals surface area contributed by atoms with Crippen LogP contribution >= 0.6 is 0 Å². The van der Waals surface area contributed by atoms with Gasteiger partial charge in [0.1, 0.15) is 0 Å². The Balaban J connectivity index is 0.00000379. The van der Waals surface area contributed by atoms with Crippen LogP contribution in [0.15, 0.2) is 36.5 Å². The second kappa shape index (κ2) is 16.1. The summed E-state index contributed by atoms with van der Waals surface area (Å²) in [6, 6.07) is 9.38. The van der Waals surface area contributed by atoms with Crippen LogP contribution in [0.1, 0.15) is 91.2 Å². The molecule has 0 aliphatic heterocycles. The molecule has 0 spiro atoms. The summed E-state index contributed by atoms with van der Waals surface area (Å²) < 4.78 is 0. The summed E-state index contributed by atoms with van der Waals surface area (Å²) in [5.74, 6) is 0. The van der Waals surface area contributed by atoms with E-state index in [1.807, 2.05) is 13.8 Å². The van der Waals surface area contributed by atoms with E-state index in [4.69, 9.17) is 0 Å². The van der Waals surface area contributed by atoms with Crippen LogP contribution < -0.4 is 10.6 Å². The second-order valence-electron chi connectivity index (χ2n) is 8.80. The third-order valence-electron chi connectivity index (χ3n) is 4.93.